The first kappa shape index (κ1) is 17.8. The lowest BCUT2D eigenvalue weighted by Crippen LogP contribution is -2.41. The molecule has 29 heavy (non-hydrogen) atoms. The van der Waals surface area contributed by atoms with Gasteiger partial charge < -0.3 is 15.5 Å². The van der Waals surface area contributed by atoms with Crippen LogP contribution in [0.2, 0.25) is 0 Å². The van der Waals surface area contributed by atoms with Gasteiger partial charge in [-0.2, -0.15) is 19.6 Å². The van der Waals surface area contributed by atoms with Crippen LogP contribution in [0.4, 0.5) is 16.7 Å². The second-order valence-corrected chi connectivity index (χ2v) is 9.51. The first-order chi connectivity index (χ1) is 13.9. The Morgan fingerprint density at radius 2 is 1.90 bits per heavy atom. The van der Waals surface area contributed by atoms with E-state index in [9.17, 15) is 18.0 Å². The summed E-state index contributed by atoms with van der Waals surface area (Å²) in [6.45, 7) is 0.620. The molecule has 0 aromatic carbocycles. The lowest BCUT2D eigenvalue weighted by molar-refractivity contribution is -0.115. The van der Waals surface area contributed by atoms with Gasteiger partial charge in [0.25, 0.3) is 5.91 Å². The molecule has 152 valence electrons. The fraction of sp³-hybridized carbons (Fsp3) is 0.438. The number of carbonyl (C=O) groups is 2. The van der Waals surface area contributed by atoms with Crippen LogP contribution in [0.5, 0.6) is 0 Å². The van der Waals surface area contributed by atoms with Gasteiger partial charge in [0.2, 0.25) is 11.9 Å². The van der Waals surface area contributed by atoms with Gasteiger partial charge >= 0.3 is 6.03 Å². The average Bonchev–Trinajstić information content (AvgIpc) is 3.30. The van der Waals surface area contributed by atoms with Crippen LogP contribution in [0.3, 0.4) is 0 Å². The van der Waals surface area contributed by atoms with Crippen molar-refractivity contribution in [1.82, 2.24) is 30.2 Å². The lowest BCUT2D eigenvalue weighted by Gasteiger charge is -2.27. The molecule has 12 nitrogen and oxygen atoms in total. The fourth-order valence-corrected chi connectivity index (χ4v) is 4.38. The second-order valence-electron chi connectivity index (χ2n) is 7.21. The van der Waals surface area contributed by atoms with Crippen molar-refractivity contribution in [2.45, 2.75) is 18.9 Å². The van der Waals surface area contributed by atoms with Crippen molar-refractivity contribution >= 4 is 45.4 Å². The molecule has 2 aromatic heterocycles. The average molecular weight is 418 g/mol. The number of hydrogen-bond donors (Lipinski definition) is 3. The number of fused-ring (bicyclic) bond motifs is 1. The number of sulfone groups is 1. The molecule has 13 heteroatoms. The molecule has 1 saturated carbocycles. The van der Waals surface area contributed by atoms with Crippen LogP contribution in [-0.4, -0.2) is 70.6 Å². The third-order valence-corrected chi connectivity index (χ3v) is 6.55. The first-order valence-electron chi connectivity index (χ1n) is 9.20. The summed E-state index contributed by atoms with van der Waals surface area (Å²) < 4.78 is 25.0. The maximum absolute atomic E-state index is 11.8. The molecule has 3 N–H and O–H groups in total. The van der Waals surface area contributed by atoms with Crippen LogP contribution in [0.1, 0.15) is 18.4 Å². The molecule has 2 aromatic rings. The van der Waals surface area contributed by atoms with Crippen molar-refractivity contribution in [2.24, 2.45) is 0 Å². The highest BCUT2D eigenvalue weighted by Crippen LogP contribution is 2.26. The van der Waals surface area contributed by atoms with Gasteiger partial charge in [-0.25, -0.2) is 13.2 Å². The summed E-state index contributed by atoms with van der Waals surface area (Å²) in [5.74, 6) is 0.479. The van der Waals surface area contributed by atoms with E-state index in [1.165, 1.54) is 12.3 Å². The van der Waals surface area contributed by atoms with E-state index < -0.39 is 21.8 Å². The summed E-state index contributed by atoms with van der Waals surface area (Å²) in [4.78, 5) is 34.2. The number of aromatic nitrogens is 4. The minimum atomic E-state index is -3.03. The molecular weight excluding hydrogens is 400 g/mol. The van der Waals surface area contributed by atoms with E-state index in [1.54, 1.807) is 4.52 Å². The van der Waals surface area contributed by atoms with Crippen LogP contribution in [0, 0.1) is 0 Å². The summed E-state index contributed by atoms with van der Waals surface area (Å²) in [5, 5.41) is 12.2. The summed E-state index contributed by atoms with van der Waals surface area (Å²) >= 11 is 0. The Balaban J connectivity index is 1.56. The minimum absolute atomic E-state index is 0.0509. The lowest BCUT2D eigenvalue weighted by atomic mass is 10.2. The fourth-order valence-electron chi connectivity index (χ4n) is 3.18. The van der Waals surface area contributed by atoms with Gasteiger partial charge in [-0.15, -0.1) is 0 Å². The Hall–Kier alpha value is -3.22. The number of carbonyl (C=O) groups excluding carboxylic acids is 2. The monoisotopic (exact) mass is 418 g/mol. The van der Waals surface area contributed by atoms with Gasteiger partial charge in [0, 0.05) is 24.7 Å². The second kappa shape index (κ2) is 6.40. The third kappa shape index (κ3) is 3.48. The van der Waals surface area contributed by atoms with E-state index in [1.807, 2.05) is 4.90 Å². The molecule has 2 aliphatic heterocycles. The highest BCUT2D eigenvalue weighted by atomic mass is 32.2. The third-order valence-electron chi connectivity index (χ3n) is 4.94. The highest BCUT2D eigenvalue weighted by Gasteiger charge is 2.28. The molecule has 0 atom stereocenters. The van der Waals surface area contributed by atoms with Crippen LogP contribution >= 0.6 is 0 Å². The normalized spacial score (nSPS) is 22.8. The molecule has 0 bridgehead atoms. The summed E-state index contributed by atoms with van der Waals surface area (Å²) in [6, 6.07) is -0.271. The summed E-state index contributed by atoms with van der Waals surface area (Å²) in [5.41, 5.74) is 1.09. The number of anilines is 2. The van der Waals surface area contributed by atoms with Gasteiger partial charge in [0.1, 0.15) is 5.70 Å². The number of urea groups is 1. The van der Waals surface area contributed by atoms with Gasteiger partial charge in [-0.3, -0.25) is 10.1 Å². The number of imide groups is 1. The first-order valence-corrected chi connectivity index (χ1v) is 11.0. The molecule has 1 aliphatic carbocycles. The van der Waals surface area contributed by atoms with E-state index in [2.05, 4.69) is 31.0 Å². The quantitative estimate of drug-likeness (QED) is 0.424. The zero-order valence-electron chi connectivity index (χ0n) is 15.3. The Morgan fingerprint density at radius 3 is 2.55 bits per heavy atom. The van der Waals surface area contributed by atoms with Crippen molar-refractivity contribution in [1.29, 1.82) is 0 Å². The summed E-state index contributed by atoms with van der Waals surface area (Å²) in [6.07, 6.45) is 5.11. The maximum Gasteiger partial charge on any atom is 0.326 e. The Labute approximate surface area is 165 Å². The van der Waals surface area contributed by atoms with Gasteiger partial charge in [0.15, 0.2) is 15.5 Å². The summed E-state index contributed by atoms with van der Waals surface area (Å²) in [7, 11) is -3.03. The predicted octanol–water partition coefficient (Wildman–Crippen LogP) is -0.886. The van der Waals surface area contributed by atoms with Crippen molar-refractivity contribution in [3.05, 3.63) is 17.5 Å². The Kier molecular flexibility index (Phi) is 3.94. The van der Waals surface area contributed by atoms with Crippen LogP contribution in [0.25, 0.3) is 11.7 Å². The van der Waals surface area contributed by atoms with Crippen molar-refractivity contribution in [3.63, 3.8) is 0 Å². The molecule has 3 fully saturated rings. The number of hydrogen-bond acceptors (Lipinski definition) is 9. The molecule has 2 saturated heterocycles. The van der Waals surface area contributed by atoms with E-state index in [0.29, 0.717) is 42.2 Å². The van der Waals surface area contributed by atoms with Crippen molar-refractivity contribution in [3.8, 4) is 0 Å². The minimum Gasteiger partial charge on any atom is -0.351 e. The molecule has 3 aliphatic rings. The Morgan fingerprint density at radius 1 is 1.14 bits per heavy atom. The van der Waals surface area contributed by atoms with Gasteiger partial charge in [0.05, 0.1) is 17.7 Å². The zero-order valence-corrected chi connectivity index (χ0v) is 16.1. The van der Waals surface area contributed by atoms with E-state index in [0.717, 1.165) is 12.8 Å². The largest absolute Gasteiger partial charge is 0.351 e. The van der Waals surface area contributed by atoms with E-state index >= 15 is 0 Å². The number of rotatable bonds is 4. The number of nitrogens with zero attached hydrogens (tertiary/aromatic N) is 5. The highest BCUT2D eigenvalue weighted by molar-refractivity contribution is 7.91. The topological polar surface area (TPSA) is 151 Å². The standard InChI is InChI=1S/C16H18N8O4S/c25-13-11(19-16(26)21-13)7-9-8-17-24-12(9)20-14(22-15(24)18-10-1-2-10)23-3-5-29(27,28)6-4-23/h7-8,10H,1-6H2,(H,18,20,22)(H2,19,21,25,26)/b11-7-. The van der Waals surface area contributed by atoms with E-state index in [4.69, 9.17) is 0 Å². The molecular formula is C16H18N8O4S. The van der Waals surface area contributed by atoms with Crippen LogP contribution in [0.15, 0.2) is 11.9 Å². The van der Waals surface area contributed by atoms with Crippen LogP contribution < -0.4 is 20.9 Å². The van der Waals surface area contributed by atoms with Crippen LogP contribution in [-0.2, 0) is 14.6 Å². The van der Waals surface area contributed by atoms with Gasteiger partial charge in [-0.05, 0) is 18.9 Å². The van der Waals surface area contributed by atoms with Crippen molar-refractivity contribution in [2.75, 3.05) is 34.8 Å². The van der Waals surface area contributed by atoms with E-state index in [-0.39, 0.29) is 17.2 Å². The number of amides is 3. The molecule has 0 radical (unpaired) electrons. The maximum atomic E-state index is 11.8. The van der Waals surface area contributed by atoms with Gasteiger partial charge in [-0.1, -0.05) is 0 Å². The smallest absolute Gasteiger partial charge is 0.326 e. The van der Waals surface area contributed by atoms with Crippen molar-refractivity contribution < 1.29 is 18.0 Å². The molecule has 5 rings (SSSR count). The molecule has 3 amide bonds. The zero-order chi connectivity index (χ0) is 20.2. The SMILES string of the molecule is O=C1NC(=O)/C(=C/c2cnn3c(NC4CC4)nc(N4CCS(=O)(=O)CC4)nc23)N1. The molecule has 4 heterocycles. The predicted molar refractivity (Wildman–Crippen MR) is 103 cm³/mol. The molecule has 0 spiro atoms. The Bertz CT molecular complexity index is 1150. The number of nitrogens with one attached hydrogen (secondary N) is 3. The molecule has 0 unspecified atom stereocenters.